The second kappa shape index (κ2) is 6.76. The van der Waals surface area contributed by atoms with E-state index < -0.39 is 5.60 Å². The molecule has 4 saturated carbocycles. The van der Waals surface area contributed by atoms with Crippen molar-refractivity contribution in [3.63, 3.8) is 0 Å². The average molecular weight is 386 g/mol. The van der Waals surface area contributed by atoms with Gasteiger partial charge in [0.25, 0.3) is 0 Å². The van der Waals surface area contributed by atoms with Crippen molar-refractivity contribution in [1.29, 1.82) is 0 Å². The fourth-order valence-electron chi connectivity index (χ4n) is 8.88. The third-order valence-corrected chi connectivity index (χ3v) is 10.8. The van der Waals surface area contributed by atoms with Gasteiger partial charge in [-0.2, -0.15) is 0 Å². The van der Waals surface area contributed by atoms with Crippen LogP contribution < -0.4 is 0 Å². The average Bonchev–Trinajstić information content (AvgIpc) is 2.91. The third-order valence-electron chi connectivity index (χ3n) is 10.8. The fourth-order valence-corrected chi connectivity index (χ4v) is 8.88. The first-order chi connectivity index (χ1) is 13.3. The standard InChI is InChI=1S/C26H43NO/c1-24-17-19(18-27-15-5-4-6-16-27)7-8-20(24)9-10-21-22(24)11-13-25(2)23(21)12-14-26(25,3)28/h18,20-23,28H,4-17H2,1-3H3/b19-18-/t20-,21-,22+,23+,24+,25+,26-/m1/s1. The fraction of sp³-hybridized carbons (Fsp3) is 0.923. The summed E-state index contributed by atoms with van der Waals surface area (Å²) in [5, 5.41) is 11.1. The van der Waals surface area contributed by atoms with Gasteiger partial charge in [-0.25, -0.2) is 0 Å². The smallest absolute Gasteiger partial charge is 0.0675 e. The lowest BCUT2D eigenvalue weighted by Gasteiger charge is -2.61. The van der Waals surface area contributed by atoms with Crippen LogP contribution in [0, 0.1) is 34.5 Å². The van der Waals surface area contributed by atoms with Crippen LogP contribution in [0.1, 0.15) is 97.8 Å². The minimum absolute atomic E-state index is 0.165. The van der Waals surface area contributed by atoms with Crippen LogP contribution in [0.2, 0.25) is 0 Å². The minimum atomic E-state index is -0.438. The molecule has 1 aliphatic heterocycles. The highest BCUT2D eigenvalue weighted by molar-refractivity contribution is 5.17. The molecule has 28 heavy (non-hydrogen) atoms. The van der Waals surface area contributed by atoms with Crippen LogP contribution >= 0.6 is 0 Å². The van der Waals surface area contributed by atoms with Gasteiger partial charge in [0.15, 0.2) is 0 Å². The second-order valence-electron chi connectivity index (χ2n) is 12.0. The topological polar surface area (TPSA) is 23.5 Å². The molecule has 0 aromatic carbocycles. The van der Waals surface area contributed by atoms with Crippen LogP contribution in [-0.2, 0) is 0 Å². The van der Waals surface area contributed by atoms with Gasteiger partial charge < -0.3 is 10.0 Å². The van der Waals surface area contributed by atoms with Crippen LogP contribution in [0.25, 0.3) is 0 Å². The maximum atomic E-state index is 11.1. The summed E-state index contributed by atoms with van der Waals surface area (Å²) in [5.41, 5.74) is 2.00. The highest BCUT2D eigenvalue weighted by atomic mass is 16.3. The third kappa shape index (κ3) is 2.83. The van der Waals surface area contributed by atoms with Crippen molar-refractivity contribution in [3.8, 4) is 0 Å². The summed E-state index contributed by atoms with van der Waals surface area (Å²) in [6.07, 6.45) is 18.7. The zero-order chi connectivity index (χ0) is 19.6. The van der Waals surface area contributed by atoms with E-state index in [1.165, 1.54) is 83.7 Å². The van der Waals surface area contributed by atoms with Gasteiger partial charge in [0.1, 0.15) is 0 Å². The van der Waals surface area contributed by atoms with E-state index in [-0.39, 0.29) is 5.41 Å². The lowest BCUT2D eigenvalue weighted by atomic mass is 9.44. The van der Waals surface area contributed by atoms with Gasteiger partial charge in [-0.3, -0.25) is 0 Å². The van der Waals surface area contributed by atoms with Crippen LogP contribution in [0.3, 0.4) is 0 Å². The Bertz CT molecular complexity index is 632. The number of fused-ring (bicyclic) bond motifs is 5. The molecule has 0 aromatic heterocycles. The van der Waals surface area contributed by atoms with Crippen molar-refractivity contribution >= 4 is 0 Å². The lowest BCUT2D eigenvalue weighted by Crippen LogP contribution is -2.55. The molecule has 0 amide bonds. The Morgan fingerprint density at radius 1 is 0.893 bits per heavy atom. The number of rotatable bonds is 1. The highest BCUT2D eigenvalue weighted by Crippen LogP contribution is 2.68. The molecule has 1 saturated heterocycles. The van der Waals surface area contributed by atoms with E-state index in [4.69, 9.17) is 0 Å². The van der Waals surface area contributed by atoms with Crippen molar-refractivity contribution < 1.29 is 5.11 Å². The van der Waals surface area contributed by atoms with E-state index in [9.17, 15) is 5.11 Å². The quantitative estimate of drug-likeness (QED) is 0.585. The van der Waals surface area contributed by atoms with E-state index >= 15 is 0 Å². The van der Waals surface area contributed by atoms with Gasteiger partial charge in [0, 0.05) is 13.1 Å². The largest absolute Gasteiger partial charge is 0.390 e. The molecule has 0 spiro atoms. The number of nitrogens with zero attached hydrogens (tertiary/aromatic N) is 1. The molecule has 0 aromatic rings. The van der Waals surface area contributed by atoms with Gasteiger partial charge in [0.05, 0.1) is 5.60 Å². The summed E-state index contributed by atoms with van der Waals surface area (Å²) < 4.78 is 0. The summed E-state index contributed by atoms with van der Waals surface area (Å²) in [7, 11) is 0. The van der Waals surface area contributed by atoms with Gasteiger partial charge >= 0.3 is 0 Å². The first-order valence-electron chi connectivity index (χ1n) is 12.5. The summed E-state index contributed by atoms with van der Waals surface area (Å²) in [5.74, 6) is 3.46. The van der Waals surface area contributed by atoms with E-state index in [1.54, 1.807) is 5.57 Å². The van der Waals surface area contributed by atoms with Crippen LogP contribution in [0.5, 0.6) is 0 Å². The molecule has 5 rings (SSSR count). The Kier molecular flexibility index (Phi) is 4.70. The summed E-state index contributed by atoms with van der Waals surface area (Å²) >= 11 is 0. The molecule has 158 valence electrons. The molecule has 1 heterocycles. The van der Waals surface area contributed by atoms with Crippen molar-refractivity contribution in [2.75, 3.05) is 13.1 Å². The monoisotopic (exact) mass is 385 g/mol. The van der Waals surface area contributed by atoms with Gasteiger partial charge in [-0.15, -0.1) is 0 Å². The lowest BCUT2D eigenvalue weighted by molar-refractivity contribution is -0.141. The minimum Gasteiger partial charge on any atom is -0.390 e. The number of allylic oxidation sites excluding steroid dienone is 1. The first kappa shape index (κ1) is 19.5. The maximum absolute atomic E-state index is 11.1. The molecular weight excluding hydrogens is 342 g/mol. The van der Waals surface area contributed by atoms with E-state index in [0.717, 1.165) is 30.1 Å². The second-order valence-corrected chi connectivity index (χ2v) is 12.0. The van der Waals surface area contributed by atoms with Crippen molar-refractivity contribution in [3.05, 3.63) is 11.8 Å². The number of hydrogen-bond acceptors (Lipinski definition) is 2. The molecule has 0 unspecified atom stereocenters. The summed E-state index contributed by atoms with van der Waals surface area (Å²) in [6.45, 7) is 9.81. The molecule has 5 aliphatic rings. The SMILES string of the molecule is C[C@]12C/C(=C\N3CCCCC3)CC[C@@H]1CC[C@@H]1[C@@H]2CC[C@@]2(C)[C@H]1CC[C@@]2(C)O. The van der Waals surface area contributed by atoms with Crippen LogP contribution in [-0.4, -0.2) is 28.7 Å². The molecule has 1 N–H and O–H groups in total. The molecule has 0 radical (unpaired) electrons. The number of hydrogen-bond donors (Lipinski definition) is 1. The Morgan fingerprint density at radius 2 is 1.64 bits per heavy atom. The Hall–Kier alpha value is -0.500. The molecule has 2 heteroatoms. The maximum Gasteiger partial charge on any atom is 0.0675 e. The van der Waals surface area contributed by atoms with Crippen molar-refractivity contribution in [2.24, 2.45) is 34.5 Å². The Morgan fingerprint density at radius 3 is 2.43 bits per heavy atom. The van der Waals surface area contributed by atoms with E-state index in [1.807, 2.05) is 0 Å². The van der Waals surface area contributed by atoms with Crippen LogP contribution in [0.15, 0.2) is 11.8 Å². The van der Waals surface area contributed by atoms with Crippen molar-refractivity contribution in [2.45, 2.75) is 103 Å². The van der Waals surface area contributed by atoms with E-state index in [0.29, 0.717) is 5.41 Å². The first-order valence-corrected chi connectivity index (χ1v) is 12.5. The zero-order valence-corrected chi connectivity index (χ0v) is 18.7. The Labute approximate surface area is 173 Å². The Balaban J connectivity index is 1.38. The molecule has 5 fully saturated rings. The highest BCUT2D eigenvalue weighted by Gasteiger charge is 2.63. The molecule has 0 bridgehead atoms. The summed E-state index contributed by atoms with van der Waals surface area (Å²) in [6, 6.07) is 0. The van der Waals surface area contributed by atoms with Gasteiger partial charge in [-0.1, -0.05) is 19.4 Å². The molecule has 2 nitrogen and oxygen atoms in total. The zero-order valence-electron chi connectivity index (χ0n) is 18.7. The van der Waals surface area contributed by atoms with Gasteiger partial charge in [-0.05, 0) is 125 Å². The number of aliphatic hydroxyl groups is 1. The predicted octanol–water partition coefficient (Wildman–Crippen LogP) is 6.15. The summed E-state index contributed by atoms with van der Waals surface area (Å²) in [4.78, 5) is 2.63. The number of likely N-dealkylation sites (tertiary alicyclic amines) is 1. The predicted molar refractivity (Wildman–Crippen MR) is 116 cm³/mol. The van der Waals surface area contributed by atoms with Crippen LogP contribution in [0.4, 0.5) is 0 Å². The molecule has 4 aliphatic carbocycles. The van der Waals surface area contributed by atoms with Gasteiger partial charge in [0.2, 0.25) is 0 Å². The normalized spacial score (nSPS) is 52.9. The van der Waals surface area contributed by atoms with E-state index in [2.05, 4.69) is 31.9 Å². The van der Waals surface area contributed by atoms with Crippen molar-refractivity contribution in [1.82, 2.24) is 4.90 Å². The molecular formula is C26H43NO. The molecule has 7 atom stereocenters. The number of piperidine rings is 1.